The van der Waals surface area contributed by atoms with Gasteiger partial charge in [0.05, 0.1) is 19.4 Å². The summed E-state index contributed by atoms with van der Waals surface area (Å²) >= 11 is 0. The third-order valence-corrected chi connectivity index (χ3v) is 7.89. The highest BCUT2D eigenvalue weighted by atomic mass is 31.2. The van der Waals surface area contributed by atoms with E-state index in [0.29, 0.717) is 17.8 Å². The van der Waals surface area contributed by atoms with Crippen LogP contribution in [0, 0.1) is 0 Å². The molecule has 0 radical (unpaired) electrons. The van der Waals surface area contributed by atoms with Crippen LogP contribution in [-0.2, 0) is 33.0 Å². The fourth-order valence-corrected chi connectivity index (χ4v) is 5.81. The van der Waals surface area contributed by atoms with Gasteiger partial charge in [-0.2, -0.15) is 0 Å². The molecule has 0 heterocycles. The average Bonchev–Trinajstić information content (AvgIpc) is 2.82. The first-order chi connectivity index (χ1) is 16.2. The molecule has 3 aromatic carbocycles. The topological polar surface area (TPSA) is 35.5 Å². The van der Waals surface area contributed by atoms with Crippen LogP contribution in [0.2, 0.25) is 0 Å². The Bertz CT molecular complexity index is 1010. The maximum Gasteiger partial charge on any atom is 0.335 e. The second-order valence-electron chi connectivity index (χ2n) is 9.93. The van der Waals surface area contributed by atoms with Crippen LogP contribution in [0.4, 0.5) is 0 Å². The summed E-state index contributed by atoms with van der Waals surface area (Å²) in [6.45, 7) is 13.8. The molecule has 0 aliphatic rings. The lowest BCUT2D eigenvalue weighted by Crippen LogP contribution is -2.09. The summed E-state index contributed by atoms with van der Waals surface area (Å²) < 4.78 is 26.5. The molecule has 0 bridgehead atoms. The first-order valence-electron chi connectivity index (χ1n) is 12.3. The van der Waals surface area contributed by atoms with E-state index in [2.05, 4.69) is 53.7 Å². The van der Waals surface area contributed by atoms with Crippen molar-refractivity contribution < 1.29 is 13.6 Å². The lowest BCUT2D eigenvalue weighted by atomic mass is 9.85. The first-order valence-corrected chi connectivity index (χ1v) is 14.0. The van der Waals surface area contributed by atoms with Crippen LogP contribution < -0.4 is 0 Å². The Morgan fingerprint density at radius 2 is 1.06 bits per heavy atom. The van der Waals surface area contributed by atoms with E-state index < -0.39 is 7.60 Å². The summed E-state index contributed by atoms with van der Waals surface area (Å²) in [5, 5.41) is 0. The Labute approximate surface area is 206 Å². The van der Waals surface area contributed by atoms with Crippen LogP contribution in [0.1, 0.15) is 92.7 Å². The van der Waals surface area contributed by atoms with Gasteiger partial charge in [0.2, 0.25) is 0 Å². The molecule has 3 nitrogen and oxygen atoms in total. The van der Waals surface area contributed by atoms with Crippen LogP contribution in [0.3, 0.4) is 0 Å². The van der Waals surface area contributed by atoms with Crippen LogP contribution in [0.15, 0.2) is 72.8 Å². The second kappa shape index (κ2) is 12.0. The van der Waals surface area contributed by atoms with Gasteiger partial charge in [-0.25, -0.2) is 0 Å². The zero-order chi connectivity index (χ0) is 24.7. The minimum atomic E-state index is -3.44. The van der Waals surface area contributed by atoms with E-state index in [0.717, 1.165) is 16.7 Å². The zero-order valence-electron chi connectivity index (χ0n) is 21.5. The molecule has 0 spiro atoms. The third kappa shape index (κ3) is 7.15. The van der Waals surface area contributed by atoms with Crippen molar-refractivity contribution in [2.45, 2.75) is 78.7 Å². The SMILES string of the molecule is CC(C)c1cc(C(C)C)c(CP(=O)(OCc2ccccc2)OCc2ccccc2)c(C(C)C)c1. The molecule has 182 valence electrons. The second-order valence-corrected chi connectivity index (χ2v) is 12.0. The molecule has 0 aliphatic heterocycles. The highest BCUT2D eigenvalue weighted by Crippen LogP contribution is 2.54. The van der Waals surface area contributed by atoms with Crippen molar-refractivity contribution in [1.29, 1.82) is 0 Å². The molecule has 0 fully saturated rings. The lowest BCUT2D eigenvalue weighted by molar-refractivity contribution is 0.190. The van der Waals surface area contributed by atoms with Crippen molar-refractivity contribution in [2.75, 3.05) is 0 Å². The Hall–Kier alpha value is -2.19. The fourth-order valence-electron chi connectivity index (χ4n) is 4.10. The van der Waals surface area contributed by atoms with Gasteiger partial charge in [-0.1, -0.05) is 114 Å². The lowest BCUT2D eigenvalue weighted by Gasteiger charge is -2.26. The molecule has 0 aliphatic carbocycles. The number of hydrogen-bond acceptors (Lipinski definition) is 3. The third-order valence-electron chi connectivity index (χ3n) is 6.15. The van der Waals surface area contributed by atoms with Gasteiger partial charge in [0.15, 0.2) is 0 Å². The maximum atomic E-state index is 14.3. The number of rotatable bonds is 11. The molecule has 4 heteroatoms. The van der Waals surface area contributed by atoms with E-state index >= 15 is 0 Å². The van der Waals surface area contributed by atoms with Gasteiger partial charge in [0.1, 0.15) is 0 Å². The average molecular weight is 479 g/mol. The fraction of sp³-hybridized carbons (Fsp3) is 0.400. The van der Waals surface area contributed by atoms with E-state index in [-0.39, 0.29) is 19.4 Å². The van der Waals surface area contributed by atoms with Crippen molar-refractivity contribution in [1.82, 2.24) is 0 Å². The molecule has 0 saturated carbocycles. The van der Waals surface area contributed by atoms with Gasteiger partial charge in [-0.05, 0) is 51.1 Å². The van der Waals surface area contributed by atoms with Gasteiger partial charge in [-0.3, -0.25) is 4.57 Å². The Morgan fingerprint density at radius 1 is 0.647 bits per heavy atom. The maximum absolute atomic E-state index is 14.3. The highest BCUT2D eigenvalue weighted by molar-refractivity contribution is 7.53. The molecule has 0 aromatic heterocycles. The van der Waals surface area contributed by atoms with Crippen molar-refractivity contribution in [3.05, 3.63) is 106 Å². The highest BCUT2D eigenvalue weighted by Gasteiger charge is 2.30. The minimum absolute atomic E-state index is 0.255. The van der Waals surface area contributed by atoms with Crippen molar-refractivity contribution in [3.8, 4) is 0 Å². The van der Waals surface area contributed by atoms with Gasteiger partial charge in [0, 0.05) is 0 Å². The molecular weight excluding hydrogens is 439 g/mol. The van der Waals surface area contributed by atoms with Gasteiger partial charge < -0.3 is 9.05 Å². The van der Waals surface area contributed by atoms with Gasteiger partial charge >= 0.3 is 7.60 Å². The Kier molecular flexibility index (Phi) is 9.31. The van der Waals surface area contributed by atoms with E-state index in [1.165, 1.54) is 16.7 Å². The largest absolute Gasteiger partial charge is 0.335 e. The van der Waals surface area contributed by atoms with Crippen LogP contribution in [0.25, 0.3) is 0 Å². The number of hydrogen-bond donors (Lipinski definition) is 0. The first kappa shape index (κ1) is 26.4. The van der Waals surface area contributed by atoms with Crippen molar-refractivity contribution in [2.24, 2.45) is 0 Å². The summed E-state index contributed by atoms with van der Waals surface area (Å²) in [4.78, 5) is 0. The summed E-state index contributed by atoms with van der Waals surface area (Å²) in [6, 6.07) is 24.3. The van der Waals surface area contributed by atoms with Crippen LogP contribution in [-0.4, -0.2) is 0 Å². The minimum Gasteiger partial charge on any atom is -0.304 e. The smallest absolute Gasteiger partial charge is 0.304 e. The predicted molar refractivity (Wildman–Crippen MR) is 142 cm³/mol. The molecule has 0 amide bonds. The van der Waals surface area contributed by atoms with E-state index in [4.69, 9.17) is 9.05 Å². The molecule has 3 aromatic rings. The van der Waals surface area contributed by atoms with Crippen LogP contribution in [0.5, 0.6) is 0 Å². The molecule has 0 saturated heterocycles. The van der Waals surface area contributed by atoms with Gasteiger partial charge in [0.25, 0.3) is 0 Å². The molecule has 0 unspecified atom stereocenters. The molecule has 34 heavy (non-hydrogen) atoms. The molecule has 3 rings (SSSR count). The summed E-state index contributed by atoms with van der Waals surface area (Å²) in [5.74, 6) is 1.05. The molecule has 0 atom stereocenters. The molecule has 0 N–H and O–H groups in total. The van der Waals surface area contributed by atoms with Crippen molar-refractivity contribution >= 4 is 7.60 Å². The zero-order valence-corrected chi connectivity index (χ0v) is 22.3. The van der Waals surface area contributed by atoms with E-state index in [1.807, 2.05) is 60.7 Å². The predicted octanol–water partition coefficient (Wildman–Crippen LogP) is 9.18. The Morgan fingerprint density at radius 3 is 1.41 bits per heavy atom. The van der Waals surface area contributed by atoms with E-state index in [9.17, 15) is 4.57 Å². The van der Waals surface area contributed by atoms with Crippen molar-refractivity contribution in [3.63, 3.8) is 0 Å². The normalized spacial score (nSPS) is 12.1. The quantitative estimate of drug-likeness (QED) is 0.258. The van der Waals surface area contributed by atoms with Crippen LogP contribution >= 0.6 is 7.60 Å². The van der Waals surface area contributed by atoms with E-state index in [1.54, 1.807) is 0 Å². The van der Waals surface area contributed by atoms with Gasteiger partial charge in [-0.15, -0.1) is 0 Å². The standard InChI is InChI=1S/C30H39O3P/c1-22(2)27-17-28(23(3)4)30(29(18-27)24(5)6)21-34(31,32-19-25-13-9-7-10-14-25)33-20-26-15-11-8-12-16-26/h7-18,22-24H,19-21H2,1-6H3. The Balaban J connectivity index is 1.99. The summed E-state index contributed by atoms with van der Waals surface area (Å²) in [7, 11) is -3.44. The summed E-state index contributed by atoms with van der Waals surface area (Å²) in [5.41, 5.74) is 6.87. The monoisotopic (exact) mass is 478 g/mol. The summed E-state index contributed by atoms with van der Waals surface area (Å²) in [6.07, 6.45) is 0.270. The molecular formula is C30H39O3P. The number of benzene rings is 3.